The monoisotopic (exact) mass is 417 g/mol. The van der Waals surface area contributed by atoms with Crippen molar-refractivity contribution in [3.05, 3.63) is 44.7 Å². The number of nitrogens with zero attached hydrogens (tertiary/aromatic N) is 2. The summed E-state index contributed by atoms with van der Waals surface area (Å²) >= 11 is 8.46. The Morgan fingerprint density at radius 2 is 1.90 bits per heavy atom. The van der Waals surface area contributed by atoms with Crippen LogP contribution in [0.4, 0.5) is 5.82 Å². The van der Waals surface area contributed by atoms with Crippen molar-refractivity contribution >= 4 is 49.4 Å². The van der Waals surface area contributed by atoms with Crippen molar-refractivity contribution in [1.82, 2.24) is 9.97 Å². The van der Waals surface area contributed by atoms with E-state index in [4.69, 9.17) is 10.5 Å². The van der Waals surface area contributed by atoms with E-state index in [1.165, 1.54) is 0 Å². The van der Waals surface area contributed by atoms with Gasteiger partial charge in [-0.05, 0) is 40.2 Å². The molecule has 7 heteroatoms. The van der Waals surface area contributed by atoms with E-state index in [0.717, 1.165) is 15.1 Å². The zero-order valence-corrected chi connectivity index (χ0v) is 14.8. The largest absolute Gasteiger partial charge is 0.383 e. The Labute approximate surface area is 138 Å². The Morgan fingerprint density at radius 3 is 2.55 bits per heavy atom. The molecule has 1 heterocycles. The molecule has 0 aliphatic rings. The van der Waals surface area contributed by atoms with Crippen LogP contribution in [0.15, 0.2) is 38.1 Å². The minimum atomic E-state index is 0.406. The maximum absolute atomic E-state index is 5.87. The van der Waals surface area contributed by atoms with Gasteiger partial charge < -0.3 is 10.5 Å². The van der Waals surface area contributed by atoms with Crippen LogP contribution in [0, 0.1) is 0 Å². The molecule has 2 N–H and O–H groups in total. The molecule has 106 valence electrons. The summed E-state index contributed by atoms with van der Waals surface area (Å²) in [5.74, 6) is 1.81. The molecule has 0 radical (unpaired) electrons. The molecular formula is C13H13Br2N3OS. The van der Waals surface area contributed by atoms with Gasteiger partial charge in [0.05, 0.1) is 22.5 Å². The van der Waals surface area contributed by atoms with E-state index >= 15 is 0 Å². The molecule has 0 saturated carbocycles. The van der Waals surface area contributed by atoms with Crippen LogP contribution < -0.4 is 5.73 Å². The van der Waals surface area contributed by atoms with E-state index in [9.17, 15) is 0 Å². The van der Waals surface area contributed by atoms with Crippen LogP contribution in [0.25, 0.3) is 0 Å². The number of benzene rings is 1. The summed E-state index contributed by atoms with van der Waals surface area (Å²) in [7, 11) is 1.63. The number of methoxy groups -OCH3 is 1. The number of halogens is 2. The Morgan fingerprint density at radius 1 is 1.20 bits per heavy atom. The van der Waals surface area contributed by atoms with Crippen LogP contribution in [0.5, 0.6) is 0 Å². The fraction of sp³-hybridized carbons (Fsp3) is 0.231. The fourth-order valence-corrected chi connectivity index (χ4v) is 2.85. The van der Waals surface area contributed by atoms with Crippen LogP contribution in [-0.4, -0.2) is 17.1 Å². The molecule has 0 atom stereocenters. The predicted molar refractivity (Wildman–Crippen MR) is 88.6 cm³/mol. The summed E-state index contributed by atoms with van der Waals surface area (Å²) in [5, 5.41) is 0. The first kappa shape index (κ1) is 15.8. The third-order valence-electron chi connectivity index (χ3n) is 2.45. The van der Waals surface area contributed by atoms with E-state index in [2.05, 4.69) is 41.8 Å². The Balaban J connectivity index is 2.11. The summed E-state index contributed by atoms with van der Waals surface area (Å²) in [6.07, 6.45) is 0. The lowest BCUT2D eigenvalue weighted by Gasteiger charge is -2.08. The maximum atomic E-state index is 5.87. The highest BCUT2D eigenvalue weighted by Gasteiger charge is 2.10. The fourth-order valence-electron chi connectivity index (χ4n) is 1.54. The highest BCUT2D eigenvalue weighted by Crippen LogP contribution is 2.26. The van der Waals surface area contributed by atoms with Crippen molar-refractivity contribution in [2.24, 2.45) is 0 Å². The molecule has 4 nitrogen and oxygen atoms in total. The van der Waals surface area contributed by atoms with Crippen LogP contribution in [0.1, 0.15) is 11.5 Å². The quantitative estimate of drug-likeness (QED) is 0.743. The van der Waals surface area contributed by atoms with Gasteiger partial charge in [0.1, 0.15) is 11.6 Å². The first-order chi connectivity index (χ1) is 9.60. The highest BCUT2D eigenvalue weighted by molar-refractivity contribution is 9.10. The second-order valence-corrected chi connectivity index (χ2v) is 6.72. The lowest BCUT2D eigenvalue weighted by Crippen LogP contribution is -2.05. The standard InChI is InChI=1S/C13H13Br2N3OS/c1-19-6-10-12(15)13(16)18-11(17-10)7-20-9-4-2-8(14)3-5-9/h2-5H,6-7H2,1H3,(H2,16,17,18). The lowest BCUT2D eigenvalue weighted by atomic mass is 10.4. The second kappa shape index (κ2) is 7.40. The Bertz CT molecular complexity index is 593. The topological polar surface area (TPSA) is 61.0 Å². The van der Waals surface area contributed by atoms with Crippen molar-refractivity contribution in [3.63, 3.8) is 0 Å². The number of ether oxygens (including phenoxy) is 1. The smallest absolute Gasteiger partial charge is 0.141 e. The second-order valence-electron chi connectivity index (χ2n) is 3.96. The maximum Gasteiger partial charge on any atom is 0.141 e. The third-order valence-corrected chi connectivity index (χ3v) is 4.86. The van der Waals surface area contributed by atoms with Gasteiger partial charge in [0.25, 0.3) is 0 Å². The number of hydrogen-bond acceptors (Lipinski definition) is 5. The Kier molecular flexibility index (Phi) is 5.83. The summed E-state index contributed by atoms with van der Waals surface area (Å²) in [5.41, 5.74) is 6.64. The first-order valence-electron chi connectivity index (χ1n) is 5.78. The molecule has 0 spiro atoms. The molecule has 0 aliphatic heterocycles. The lowest BCUT2D eigenvalue weighted by molar-refractivity contribution is 0.180. The van der Waals surface area contributed by atoms with Gasteiger partial charge in [0.2, 0.25) is 0 Å². The van der Waals surface area contributed by atoms with Gasteiger partial charge in [-0.3, -0.25) is 0 Å². The molecule has 1 aromatic heterocycles. The van der Waals surface area contributed by atoms with Gasteiger partial charge in [0.15, 0.2) is 0 Å². The number of nitrogen functional groups attached to an aromatic ring is 1. The van der Waals surface area contributed by atoms with Gasteiger partial charge in [-0.1, -0.05) is 15.9 Å². The predicted octanol–water partition coefficient (Wildman–Crippen LogP) is 4.02. The average molecular weight is 419 g/mol. The van der Waals surface area contributed by atoms with Gasteiger partial charge >= 0.3 is 0 Å². The number of hydrogen-bond donors (Lipinski definition) is 1. The van der Waals surface area contributed by atoms with Gasteiger partial charge in [-0.15, -0.1) is 11.8 Å². The van der Waals surface area contributed by atoms with Crippen molar-refractivity contribution in [1.29, 1.82) is 0 Å². The average Bonchev–Trinajstić information content (AvgIpc) is 2.44. The van der Waals surface area contributed by atoms with Crippen LogP contribution in [0.3, 0.4) is 0 Å². The van der Waals surface area contributed by atoms with Gasteiger partial charge in [-0.25, -0.2) is 9.97 Å². The summed E-state index contributed by atoms with van der Waals surface area (Å²) < 4.78 is 6.88. The number of rotatable bonds is 5. The van der Waals surface area contributed by atoms with E-state index in [1.54, 1.807) is 18.9 Å². The van der Waals surface area contributed by atoms with E-state index in [1.807, 2.05) is 24.3 Å². The highest BCUT2D eigenvalue weighted by atomic mass is 79.9. The summed E-state index contributed by atoms with van der Waals surface area (Å²) in [4.78, 5) is 9.90. The van der Waals surface area contributed by atoms with Crippen LogP contribution in [0.2, 0.25) is 0 Å². The van der Waals surface area contributed by atoms with Gasteiger partial charge in [-0.2, -0.15) is 0 Å². The van der Waals surface area contributed by atoms with E-state index in [-0.39, 0.29) is 0 Å². The molecule has 0 saturated heterocycles. The Hall–Kier alpha value is -0.630. The number of aromatic nitrogens is 2. The molecule has 0 unspecified atom stereocenters. The van der Waals surface area contributed by atoms with Crippen molar-refractivity contribution in [2.45, 2.75) is 17.3 Å². The number of nitrogens with two attached hydrogens (primary N) is 1. The molecular weight excluding hydrogens is 406 g/mol. The molecule has 1 aromatic carbocycles. The number of thioether (sulfide) groups is 1. The first-order valence-corrected chi connectivity index (χ1v) is 8.35. The SMILES string of the molecule is COCc1nc(CSc2ccc(Br)cc2)nc(N)c1Br. The van der Waals surface area contributed by atoms with Crippen molar-refractivity contribution in [2.75, 3.05) is 12.8 Å². The van der Waals surface area contributed by atoms with Gasteiger partial charge in [0, 0.05) is 16.5 Å². The zero-order valence-electron chi connectivity index (χ0n) is 10.8. The molecule has 20 heavy (non-hydrogen) atoms. The minimum absolute atomic E-state index is 0.406. The molecule has 2 aromatic rings. The molecule has 0 aliphatic carbocycles. The van der Waals surface area contributed by atoms with Crippen molar-refractivity contribution in [3.8, 4) is 0 Å². The summed E-state index contributed by atoms with van der Waals surface area (Å²) in [6, 6.07) is 8.12. The molecule has 0 amide bonds. The molecule has 2 rings (SSSR count). The molecule has 0 bridgehead atoms. The van der Waals surface area contributed by atoms with Crippen LogP contribution >= 0.6 is 43.6 Å². The van der Waals surface area contributed by atoms with E-state index in [0.29, 0.717) is 28.5 Å². The zero-order chi connectivity index (χ0) is 14.5. The van der Waals surface area contributed by atoms with Crippen LogP contribution in [-0.2, 0) is 17.1 Å². The van der Waals surface area contributed by atoms with E-state index < -0.39 is 0 Å². The molecule has 0 fully saturated rings. The minimum Gasteiger partial charge on any atom is -0.383 e. The third kappa shape index (κ3) is 4.18. The van der Waals surface area contributed by atoms with Crippen molar-refractivity contribution < 1.29 is 4.74 Å². The normalized spacial score (nSPS) is 10.8. The number of anilines is 1. The summed E-state index contributed by atoms with van der Waals surface area (Å²) in [6.45, 7) is 0.406.